The highest BCUT2D eigenvalue weighted by molar-refractivity contribution is 7.99. The van der Waals surface area contributed by atoms with Crippen LogP contribution in [0.4, 0.5) is 0 Å². The van der Waals surface area contributed by atoms with E-state index in [1.807, 2.05) is 13.0 Å². The number of halogens is 2. The average molecular weight is 449 g/mol. The van der Waals surface area contributed by atoms with Gasteiger partial charge < -0.3 is 0 Å². The van der Waals surface area contributed by atoms with E-state index in [0.717, 1.165) is 14.0 Å². The largest absolute Gasteiger partial charge is 0.340 e. The van der Waals surface area contributed by atoms with Crippen LogP contribution in [-0.4, -0.2) is 14.1 Å². The van der Waals surface area contributed by atoms with Crippen LogP contribution in [0.3, 0.4) is 0 Å². The molecule has 3 aromatic rings. The predicted octanol–water partition coefficient (Wildman–Crippen LogP) is 3.43. The standard InChI is InChI=1S/C19H14Cl2N4O3S/c1-2-7-24-17(26)23-18(27)25(19(24)28)12-8-14(20)16(15(21)9-12)29-13-5-3-11(10-22)4-6-13/h3-6,8-9H,2,7H2,1H3,(H,23,26,27). The van der Waals surface area contributed by atoms with Gasteiger partial charge in [0, 0.05) is 16.3 Å². The summed E-state index contributed by atoms with van der Waals surface area (Å²) in [4.78, 5) is 40.3. The fourth-order valence-corrected chi connectivity index (χ4v) is 4.17. The second kappa shape index (κ2) is 8.74. The van der Waals surface area contributed by atoms with E-state index in [4.69, 9.17) is 28.5 Å². The minimum Gasteiger partial charge on any atom is -0.258 e. The molecule has 1 N–H and O–H groups in total. The van der Waals surface area contributed by atoms with Gasteiger partial charge in [-0.05, 0) is 42.8 Å². The number of aromatic nitrogens is 3. The molecule has 3 rings (SSSR count). The fraction of sp³-hybridized carbons (Fsp3) is 0.158. The average Bonchev–Trinajstić information content (AvgIpc) is 2.68. The third-order valence-electron chi connectivity index (χ3n) is 3.98. The maximum absolute atomic E-state index is 12.6. The molecule has 148 valence electrons. The lowest BCUT2D eigenvalue weighted by Crippen LogP contribution is -2.48. The molecule has 2 aromatic carbocycles. The van der Waals surface area contributed by atoms with Crippen molar-refractivity contribution in [3.63, 3.8) is 0 Å². The Labute approximate surface area is 179 Å². The molecule has 0 saturated carbocycles. The highest BCUT2D eigenvalue weighted by atomic mass is 35.5. The van der Waals surface area contributed by atoms with Gasteiger partial charge in [-0.1, -0.05) is 41.9 Å². The van der Waals surface area contributed by atoms with Gasteiger partial charge in [-0.25, -0.2) is 23.5 Å². The summed E-state index contributed by atoms with van der Waals surface area (Å²) in [6, 6.07) is 11.8. The normalized spacial score (nSPS) is 10.7. The van der Waals surface area contributed by atoms with Crippen LogP contribution < -0.4 is 17.1 Å². The van der Waals surface area contributed by atoms with Crippen molar-refractivity contribution in [1.29, 1.82) is 5.26 Å². The molecule has 0 fully saturated rings. The first-order valence-electron chi connectivity index (χ1n) is 8.49. The summed E-state index contributed by atoms with van der Waals surface area (Å²) < 4.78 is 1.77. The van der Waals surface area contributed by atoms with Crippen molar-refractivity contribution in [2.24, 2.45) is 0 Å². The van der Waals surface area contributed by atoms with Crippen molar-refractivity contribution in [2.75, 3.05) is 0 Å². The molecule has 0 bridgehead atoms. The van der Waals surface area contributed by atoms with Crippen molar-refractivity contribution in [2.45, 2.75) is 29.7 Å². The smallest absolute Gasteiger partial charge is 0.258 e. The van der Waals surface area contributed by atoms with Crippen LogP contribution in [0.5, 0.6) is 0 Å². The number of rotatable bonds is 5. The molecule has 1 heterocycles. The fourth-order valence-electron chi connectivity index (χ4n) is 2.65. The van der Waals surface area contributed by atoms with Crippen molar-refractivity contribution in [3.05, 3.63) is 83.5 Å². The van der Waals surface area contributed by atoms with Gasteiger partial charge >= 0.3 is 17.1 Å². The molecular weight excluding hydrogens is 435 g/mol. The van der Waals surface area contributed by atoms with E-state index in [1.54, 1.807) is 24.3 Å². The summed E-state index contributed by atoms with van der Waals surface area (Å²) in [6.07, 6.45) is 0.545. The first kappa shape index (κ1) is 21.0. The lowest BCUT2D eigenvalue weighted by Gasteiger charge is -2.12. The van der Waals surface area contributed by atoms with Crippen LogP contribution in [0.1, 0.15) is 18.9 Å². The number of nitrogens with zero attached hydrogens (tertiary/aromatic N) is 3. The number of nitrogens with one attached hydrogen (secondary N) is 1. The maximum Gasteiger partial charge on any atom is 0.340 e. The number of hydrogen-bond acceptors (Lipinski definition) is 5. The van der Waals surface area contributed by atoms with E-state index < -0.39 is 17.1 Å². The van der Waals surface area contributed by atoms with E-state index in [9.17, 15) is 14.4 Å². The van der Waals surface area contributed by atoms with Gasteiger partial charge in [0.15, 0.2) is 0 Å². The van der Waals surface area contributed by atoms with Crippen molar-refractivity contribution in [3.8, 4) is 11.8 Å². The highest BCUT2D eigenvalue weighted by Crippen LogP contribution is 2.39. The summed E-state index contributed by atoms with van der Waals surface area (Å²) in [6.45, 7) is 1.98. The van der Waals surface area contributed by atoms with Gasteiger partial charge in [-0.15, -0.1) is 0 Å². The zero-order valence-corrected chi connectivity index (χ0v) is 17.4. The zero-order chi connectivity index (χ0) is 21.1. The van der Waals surface area contributed by atoms with Crippen LogP contribution in [0.15, 0.2) is 60.6 Å². The number of aromatic amines is 1. The number of H-pyrrole nitrogens is 1. The minimum atomic E-state index is -0.869. The molecule has 0 aliphatic carbocycles. The van der Waals surface area contributed by atoms with E-state index in [0.29, 0.717) is 16.9 Å². The van der Waals surface area contributed by atoms with E-state index >= 15 is 0 Å². The van der Waals surface area contributed by atoms with Crippen LogP contribution in [0, 0.1) is 11.3 Å². The first-order valence-corrected chi connectivity index (χ1v) is 10.1. The topological polar surface area (TPSA) is 101 Å². The Hall–Kier alpha value is -2.73. The Morgan fingerprint density at radius 3 is 2.24 bits per heavy atom. The number of benzene rings is 2. The molecular formula is C19H14Cl2N4O3S. The molecule has 0 aliphatic rings. The lowest BCUT2D eigenvalue weighted by molar-refractivity contribution is 0.563. The summed E-state index contributed by atoms with van der Waals surface area (Å²) in [5, 5.41) is 9.36. The van der Waals surface area contributed by atoms with Crippen molar-refractivity contribution < 1.29 is 0 Å². The summed E-state index contributed by atoms with van der Waals surface area (Å²) >= 11 is 14.0. The molecule has 1 aromatic heterocycles. The number of nitriles is 1. The second-order valence-corrected chi connectivity index (χ2v) is 7.88. The van der Waals surface area contributed by atoms with E-state index in [1.165, 1.54) is 23.9 Å². The molecule has 0 atom stereocenters. The Balaban J connectivity index is 2.07. The molecule has 0 spiro atoms. The van der Waals surface area contributed by atoms with Gasteiger partial charge in [0.2, 0.25) is 0 Å². The molecule has 0 radical (unpaired) electrons. The minimum absolute atomic E-state index is 0.153. The monoisotopic (exact) mass is 448 g/mol. The van der Waals surface area contributed by atoms with Crippen LogP contribution >= 0.6 is 35.0 Å². The summed E-state index contributed by atoms with van der Waals surface area (Å²) in [5.41, 5.74) is -1.71. The first-order chi connectivity index (χ1) is 13.8. The summed E-state index contributed by atoms with van der Waals surface area (Å²) in [7, 11) is 0. The Kier molecular flexibility index (Phi) is 6.33. The quantitative estimate of drug-likeness (QED) is 0.643. The molecule has 0 saturated heterocycles. The number of hydrogen-bond donors (Lipinski definition) is 1. The van der Waals surface area contributed by atoms with Crippen molar-refractivity contribution >= 4 is 35.0 Å². The molecule has 29 heavy (non-hydrogen) atoms. The summed E-state index contributed by atoms with van der Waals surface area (Å²) in [5.74, 6) is 0. The zero-order valence-electron chi connectivity index (χ0n) is 15.1. The molecule has 0 amide bonds. The van der Waals surface area contributed by atoms with Gasteiger partial charge in [0.1, 0.15) is 0 Å². The van der Waals surface area contributed by atoms with Crippen molar-refractivity contribution in [1.82, 2.24) is 14.1 Å². The Morgan fingerprint density at radius 2 is 1.69 bits per heavy atom. The molecule has 10 heteroatoms. The maximum atomic E-state index is 12.6. The predicted molar refractivity (Wildman–Crippen MR) is 113 cm³/mol. The van der Waals surface area contributed by atoms with Gasteiger partial charge in [-0.3, -0.25) is 4.98 Å². The van der Waals surface area contributed by atoms with Gasteiger partial charge in [-0.2, -0.15) is 5.26 Å². The Morgan fingerprint density at radius 1 is 1.07 bits per heavy atom. The molecule has 7 nitrogen and oxygen atoms in total. The third-order valence-corrected chi connectivity index (χ3v) is 5.95. The molecule has 0 unspecified atom stereocenters. The third kappa shape index (κ3) is 4.32. The SMILES string of the molecule is CCCn1c(=O)[nH]c(=O)n(-c2cc(Cl)c(Sc3ccc(C#N)cc3)c(Cl)c2)c1=O. The second-order valence-electron chi connectivity index (χ2n) is 5.98. The lowest BCUT2D eigenvalue weighted by atomic mass is 10.2. The van der Waals surface area contributed by atoms with Crippen LogP contribution in [0.25, 0.3) is 5.69 Å². The Bertz CT molecular complexity index is 1260. The van der Waals surface area contributed by atoms with E-state index in [-0.39, 0.29) is 22.3 Å². The van der Waals surface area contributed by atoms with Crippen LogP contribution in [-0.2, 0) is 6.54 Å². The van der Waals surface area contributed by atoms with Gasteiger partial charge in [0.05, 0.1) is 27.4 Å². The van der Waals surface area contributed by atoms with Gasteiger partial charge in [0.25, 0.3) is 0 Å². The molecule has 0 aliphatic heterocycles. The van der Waals surface area contributed by atoms with Crippen LogP contribution in [0.2, 0.25) is 10.0 Å². The van der Waals surface area contributed by atoms with E-state index in [2.05, 4.69) is 4.98 Å². The highest BCUT2D eigenvalue weighted by Gasteiger charge is 2.16.